The molecule has 5 rings (SSSR count). The highest BCUT2D eigenvalue weighted by atomic mass is 79.9. The molecule has 0 atom stereocenters. The van der Waals surface area contributed by atoms with Crippen LogP contribution in [0.15, 0.2) is 59.1 Å². The molecule has 0 aliphatic carbocycles. The SMILES string of the molecule is Cn1c(C(=O)Nc2nc3c(s2)CN(Cc2ccccc2)CC3)c(Br)c2ccccc21. The largest absolute Gasteiger partial charge is 0.339 e. The first kappa shape index (κ1) is 19.5. The Labute approximate surface area is 187 Å². The number of nitrogens with zero attached hydrogens (tertiary/aromatic N) is 3. The molecule has 0 fully saturated rings. The van der Waals surface area contributed by atoms with Gasteiger partial charge in [-0.3, -0.25) is 15.0 Å². The average molecular weight is 481 g/mol. The number of aryl methyl sites for hydroxylation is 1. The summed E-state index contributed by atoms with van der Waals surface area (Å²) in [5.74, 6) is -0.146. The minimum atomic E-state index is -0.146. The van der Waals surface area contributed by atoms with Gasteiger partial charge < -0.3 is 4.57 Å². The lowest BCUT2D eigenvalue weighted by Crippen LogP contribution is -2.29. The fourth-order valence-electron chi connectivity index (χ4n) is 4.03. The number of hydrogen-bond donors (Lipinski definition) is 1. The van der Waals surface area contributed by atoms with E-state index < -0.39 is 0 Å². The van der Waals surface area contributed by atoms with Crippen molar-refractivity contribution in [3.05, 3.63) is 80.9 Å². The molecule has 0 spiro atoms. The number of aromatic nitrogens is 2. The van der Waals surface area contributed by atoms with Crippen LogP contribution in [-0.4, -0.2) is 26.9 Å². The summed E-state index contributed by atoms with van der Waals surface area (Å²) >= 11 is 5.19. The monoisotopic (exact) mass is 480 g/mol. The van der Waals surface area contributed by atoms with Crippen LogP contribution >= 0.6 is 27.3 Å². The Hall–Kier alpha value is -2.48. The van der Waals surface area contributed by atoms with E-state index in [1.807, 2.05) is 41.9 Å². The maximum absolute atomic E-state index is 13.0. The van der Waals surface area contributed by atoms with Crippen molar-refractivity contribution >= 4 is 49.2 Å². The van der Waals surface area contributed by atoms with Crippen LogP contribution in [0.2, 0.25) is 0 Å². The van der Waals surface area contributed by atoms with E-state index in [1.165, 1.54) is 10.4 Å². The zero-order valence-corrected chi connectivity index (χ0v) is 19.0. The minimum Gasteiger partial charge on any atom is -0.339 e. The van der Waals surface area contributed by atoms with E-state index in [0.717, 1.165) is 47.1 Å². The molecule has 7 heteroatoms. The van der Waals surface area contributed by atoms with Gasteiger partial charge in [0.15, 0.2) is 5.13 Å². The molecule has 1 aliphatic rings. The summed E-state index contributed by atoms with van der Waals surface area (Å²) < 4.78 is 2.73. The number of anilines is 1. The second kappa shape index (κ2) is 7.98. The lowest BCUT2D eigenvalue weighted by molar-refractivity contribution is 0.101. The molecule has 0 saturated carbocycles. The second-order valence-electron chi connectivity index (χ2n) is 7.53. The summed E-state index contributed by atoms with van der Waals surface area (Å²) in [7, 11) is 1.91. The van der Waals surface area contributed by atoms with E-state index in [0.29, 0.717) is 10.8 Å². The van der Waals surface area contributed by atoms with Crippen molar-refractivity contribution in [1.29, 1.82) is 0 Å². The number of carbonyl (C=O) groups excluding carboxylic acids is 1. The highest BCUT2D eigenvalue weighted by Gasteiger charge is 2.24. The third-order valence-electron chi connectivity index (χ3n) is 5.54. The molecule has 0 radical (unpaired) electrons. The summed E-state index contributed by atoms with van der Waals surface area (Å²) in [6.45, 7) is 2.78. The van der Waals surface area contributed by atoms with Gasteiger partial charge in [-0.15, -0.1) is 11.3 Å². The Morgan fingerprint density at radius 2 is 1.93 bits per heavy atom. The Balaban J connectivity index is 1.34. The van der Waals surface area contributed by atoms with Crippen LogP contribution in [0.25, 0.3) is 10.9 Å². The van der Waals surface area contributed by atoms with Crippen molar-refractivity contribution in [2.75, 3.05) is 11.9 Å². The molecule has 152 valence electrons. The van der Waals surface area contributed by atoms with Gasteiger partial charge in [-0.05, 0) is 27.6 Å². The third-order valence-corrected chi connectivity index (χ3v) is 7.34. The smallest absolute Gasteiger partial charge is 0.275 e. The van der Waals surface area contributed by atoms with Gasteiger partial charge in [-0.1, -0.05) is 48.5 Å². The highest BCUT2D eigenvalue weighted by Crippen LogP contribution is 2.32. The van der Waals surface area contributed by atoms with Gasteiger partial charge in [0.1, 0.15) is 5.69 Å². The first-order valence-corrected chi connectivity index (χ1v) is 11.5. The first-order valence-electron chi connectivity index (χ1n) is 9.89. The number of thiazole rings is 1. The number of hydrogen-bond acceptors (Lipinski definition) is 4. The van der Waals surface area contributed by atoms with Crippen molar-refractivity contribution < 1.29 is 4.79 Å². The summed E-state index contributed by atoms with van der Waals surface area (Å²) in [5.41, 5.74) is 4.05. The van der Waals surface area contributed by atoms with Crippen LogP contribution in [0.1, 0.15) is 26.6 Å². The van der Waals surface area contributed by atoms with Gasteiger partial charge in [0, 0.05) is 48.9 Å². The fraction of sp³-hybridized carbons (Fsp3) is 0.217. The van der Waals surface area contributed by atoms with Crippen molar-refractivity contribution in [2.24, 2.45) is 7.05 Å². The lowest BCUT2D eigenvalue weighted by Gasteiger charge is -2.25. The molecule has 4 aromatic rings. The van der Waals surface area contributed by atoms with E-state index in [1.54, 1.807) is 11.3 Å². The normalized spacial score (nSPS) is 14.1. The van der Waals surface area contributed by atoms with Gasteiger partial charge >= 0.3 is 0 Å². The van der Waals surface area contributed by atoms with Gasteiger partial charge in [-0.2, -0.15) is 0 Å². The zero-order valence-electron chi connectivity index (χ0n) is 16.6. The predicted molar refractivity (Wildman–Crippen MR) is 125 cm³/mol. The number of benzene rings is 2. The van der Waals surface area contributed by atoms with E-state index >= 15 is 0 Å². The Bertz CT molecular complexity index is 1190. The van der Waals surface area contributed by atoms with Gasteiger partial charge in [0.25, 0.3) is 5.91 Å². The van der Waals surface area contributed by atoms with Gasteiger partial charge in [0.2, 0.25) is 0 Å². The molecule has 1 N–H and O–H groups in total. The molecular formula is C23H21BrN4OS. The van der Waals surface area contributed by atoms with E-state index in [-0.39, 0.29) is 5.91 Å². The number of rotatable bonds is 4. The predicted octanol–water partition coefficient (Wildman–Crippen LogP) is 5.21. The quantitative estimate of drug-likeness (QED) is 0.436. The minimum absolute atomic E-state index is 0.146. The molecule has 3 heterocycles. The lowest BCUT2D eigenvalue weighted by atomic mass is 10.1. The number of halogens is 1. The van der Waals surface area contributed by atoms with E-state index in [9.17, 15) is 4.79 Å². The Kier molecular flexibility index (Phi) is 5.18. The van der Waals surface area contributed by atoms with Crippen molar-refractivity contribution in [3.63, 3.8) is 0 Å². The molecule has 1 amide bonds. The molecule has 30 heavy (non-hydrogen) atoms. The number of carbonyl (C=O) groups is 1. The maximum atomic E-state index is 13.0. The number of fused-ring (bicyclic) bond motifs is 2. The molecule has 2 aromatic heterocycles. The summed E-state index contributed by atoms with van der Waals surface area (Å²) in [6.07, 6.45) is 0.909. The van der Waals surface area contributed by atoms with Crippen LogP contribution in [-0.2, 0) is 26.6 Å². The summed E-state index contributed by atoms with van der Waals surface area (Å²) in [5, 5.41) is 4.72. The summed E-state index contributed by atoms with van der Waals surface area (Å²) in [4.78, 5) is 21.4. The number of nitrogens with one attached hydrogen (secondary N) is 1. The summed E-state index contributed by atoms with van der Waals surface area (Å²) in [6, 6.07) is 18.5. The Morgan fingerprint density at radius 1 is 1.17 bits per heavy atom. The van der Waals surface area contributed by atoms with Gasteiger partial charge in [0.05, 0.1) is 10.2 Å². The van der Waals surface area contributed by atoms with E-state index in [2.05, 4.69) is 50.4 Å². The molecule has 1 aliphatic heterocycles. The topological polar surface area (TPSA) is 50.2 Å². The number of para-hydroxylation sites is 1. The van der Waals surface area contributed by atoms with Crippen molar-refractivity contribution in [2.45, 2.75) is 19.5 Å². The van der Waals surface area contributed by atoms with Crippen LogP contribution in [0.5, 0.6) is 0 Å². The third kappa shape index (κ3) is 3.57. The first-order chi connectivity index (χ1) is 14.6. The average Bonchev–Trinajstić information content (AvgIpc) is 3.26. The molecule has 0 bridgehead atoms. The zero-order chi connectivity index (χ0) is 20.7. The standard InChI is InChI=1S/C23H21BrN4OS/c1-27-18-10-6-5-9-16(18)20(24)21(27)22(29)26-23-25-17-11-12-28(14-19(17)30-23)13-15-7-3-2-4-8-15/h2-10H,11-14H2,1H3,(H,25,26,29). The highest BCUT2D eigenvalue weighted by molar-refractivity contribution is 9.10. The molecule has 5 nitrogen and oxygen atoms in total. The van der Waals surface area contributed by atoms with Crippen LogP contribution < -0.4 is 5.32 Å². The van der Waals surface area contributed by atoms with Crippen LogP contribution in [0.4, 0.5) is 5.13 Å². The second-order valence-corrected chi connectivity index (χ2v) is 9.40. The molecule has 2 aromatic carbocycles. The maximum Gasteiger partial charge on any atom is 0.275 e. The van der Waals surface area contributed by atoms with Crippen LogP contribution in [0.3, 0.4) is 0 Å². The molecule has 0 saturated heterocycles. The molecular weight excluding hydrogens is 460 g/mol. The van der Waals surface area contributed by atoms with Gasteiger partial charge in [-0.25, -0.2) is 4.98 Å². The number of amides is 1. The fourth-order valence-corrected chi connectivity index (χ4v) is 5.86. The molecule has 0 unspecified atom stereocenters. The van der Waals surface area contributed by atoms with Crippen molar-refractivity contribution in [3.8, 4) is 0 Å². The van der Waals surface area contributed by atoms with Crippen molar-refractivity contribution in [1.82, 2.24) is 14.5 Å². The van der Waals surface area contributed by atoms with E-state index in [4.69, 9.17) is 4.98 Å². The van der Waals surface area contributed by atoms with Crippen LogP contribution in [0, 0.1) is 0 Å². The Morgan fingerprint density at radius 3 is 2.73 bits per heavy atom.